The highest BCUT2D eigenvalue weighted by molar-refractivity contribution is 9.10. The Kier molecular flexibility index (Phi) is 2.39. The van der Waals surface area contributed by atoms with Crippen molar-refractivity contribution < 1.29 is 13.6 Å². The zero-order valence-electron chi connectivity index (χ0n) is 7.19. The monoisotopic (exact) mass is 260 g/mol. The summed E-state index contributed by atoms with van der Waals surface area (Å²) in [6.07, 6.45) is 1.48. The van der Waals surface area contributed by atoms with Gasteiger partial charge in [0.15, 0.2) is 11.6 Å². The minimum atomic E-state index is -0.790. The van der Waals surface area contributed by atoms with E-state index in [-0.39, 0.29) is 10.4 Å². The summed E-state index contributed by atoms with van der Waals surface area (Å²) < 4.78 is 26.7. The van der Waals surface area contributed by atoms with Crippen LogP contribution >= 0.6 is 15.9 Å². The average molecular weight is 261 g/mol. The SMILES string of the molecule is O=C(c1c(F)ccc(Br)c1F)C1CC1. The molecule has 4 heteroatoms. The normalized spacial score (nSPS) is 15.6. The zero-order chi connectivity index (χ0) is 10.3. The Morgan fingerprint density at radius 1 is 1.36 bits per heavy atom. The van der Waals surface area contributed by atoms with Crippen LogP contribution in [0.3, 0.4) is 0 Å². The number of halogens is 3. The Balaban J connectivity index is 2.49. The van der Waals surface area contributed by atoms with Crippen molar-refractivity contribution in [2.24, 2.45) is 5.92 Å². The van der Waals surface area contributed by atoms with Crippen molar-refractivity contribution in [2.45, 2.75) is 12.8 Å². The summed E-state index contributed by atoms with van der Waals surface area (Å²) in [5.74, 6) is -2.15. The molecule has 0 spiro atoms. The lowest BCUT2D eigenvalue weighted by molar-refractivity contribution is 0.0959. The summed E-state index contributed by atoms with van der Waals surface area (Å²) in [7, 11) is 0. The fourth-order valence-corrected chi connectivity index (χ4v) is 1.63. The molecule has 1 aromatic rings. The molecule has 1 fully saturated rings. The van der Waals surface area contributed by atoms with Gasteiger partial charge in [0.25, 0.3) is 0 Å². The van der Waals surface area contributed by atoms with Crippen molar-refractivity contribution >= 4 is 21.7 Å². The van der Waals surface area contributed by atoms with E-state index in [0.29, 0.717) is 0 Å². The molecule has 14 heavy (non-hydrogen) atoms. The Labute approximate surface area is 88.2 Å². The van der Waals surface area contributed by atoms with Gasteiger partial charge in [-0.3, -0.25) is 4.79 Å². The van der Waals surface area contributed by atoms with E-state index in [9.17, 15) is 13.6 Å². The first-order chi connectivity index (χ1) is 6.61. The number of Topliss-reactive ketones (excluding diaryl/α,β-unsaturated/α-hetero) is 1. The standard InChI is InChI=1S/C10H7BrF2O/c11-6-3-4-7(12)8(9(6)13)10(14)5-1-2-5/h3-5H,1-2H2. The van der Waals surface area contributed by atoms with Crippen LogP contribution < -0.4 is 0 Å². The minimum absolute atomic E-state index is 0.128. The molecular weight excluding hydrogens is 254 g/mol. The maximum absolute atomic E-state index is 13.4. The third-order valence-corrected chi connectivity index (χ3v) is 2.85. The summed E-state index contributed by atoms with van der Waals surface area (Å²) in [6.45, 7) is 0. The molecule has 74 valence electrons. The second kappa shape index (κ2) is 3.42. The third-order valence-electron chi connectivity index (χ3n) is 2.24. The molecule has 0 radical (unpaired) electrons. The molecule has 0 amide bonds. The van der Waals surface area contributed by atoms with Gasteiger partial charge in [-0.15, -0.1) is 0 Å². The summed E-state index contributed by atoms with van der Waals surface area (Å²) in [5.41, 5.74) is -0.401. The molecule has 1 nitrogen and oxygen atoms in total. The van der Waals surface area contributed by atoms with Crippen LogP contribution in [0, 0.1) is 17.6 Å². The summed E-state index contributed by atoms with van der Waals surface area (Å²) >= 11 is 2.92. The lowest BCUT2D eigenvalue weighted by Gasteiger charge is -2.04. The van der Waals surface area contributed by atoms with E-state index in [1.54, 1.807) is 0 Å². The molecule has 0 bridgehead atoms. The van der Waals surface area contributed by atoms with Gasteiger partial charge in [-0.25, -0.2) is 8.78 Å². The fraction of sp³-hybridized carbons (Fsp3) is 0.300. The lowest BCUT2D eigenvalue weighted by Crippen LogP contribution is -2.08. The van der Waals surface area contributed by atoms with Gasteiger partial charge >= 0.3 is 0 Å². The maximum Gasteiger partial charge on any atom is 0.171 e. The molecule has 1 aromatic carbocycles. The largest absolute Gasteiger partial charge is 0.294 e. The van der Waals surface area contributed by atoms with Crippen molar-refractivity contribution in [3.63, 3.8) is 0 Å². The van der Waals surface area contributed by atoms with Crippen molar-refractivity contribution in [3.05, 3.63) is 33.8 Å². The molecule has 0 atom stereocenters. The van der Waals surface area contributed by atoms with Gasteiger partial charge in [-0.05, 0) is 40.9 Å². The Hall–Kier alpha value is -0.770. The number of carbonyl (C=O) groups is 1. The minimum Gasteiger partial charge on any atom is -0.294 e. The van der Waals surface area contributed by atoms with E-state index in [2.05, 4.69) is 15.9 Å². The third kappa shape index (κ3) is 1.59. The van der Waals surface area contributed by atoms with Crippen molar-refractivity contribution in [2.75, 3.05) is 0 Å². The van der Waals surface area contributed by atoms with Crippen LogP contribution in [0.15, 0.2) is 16.6 Å². The summed E-state index contributed by atoms with van der Waals surface area (Å²) in [6, 6.07) is 2.36. The van der Waals surface area contributed by atoms with Crippen LogP contribution in [0.4, 0.5) is 8.78 Å². The van der Waals surface area contributed by atoms with E-state index in [1.165, 1.54) is 6.07 Å². The molecule has 0 N–H and O–H groups in total. The number of carbonyl (C=O) groups excluding carboxylic acids is 1. The highest BCUT2D eigenvalue weighted by Crippen LogP contribution is 2.35. The van der Waals surface area contributed by atoms with E-state index < -0.39 is 23.0 Å². The summed E-state index contributed by atoms with van der Waals surface area (Å²) in [5, 5.41) is 0. The van der Waals surface area contributed by atoms with Crippen molar-refractivity contribution in [1.82, 2.24) is 0 Å². The number of ketones is 1. The molecule has 0 aromatic heterocycles. The van der Waals surface area contributed by atoms with Crippen LogP contribution in [0.1, 0.15) is 23.2 Å². The smallest absolute Gasteiger partial charge is 0.171 e. The van der Waals surface area contributed by atoms with Gasteiger partial charge in [0.1, 0.15) is 5.82 Å². The number of rotatable bonds is 2. The van der Waals surface area contributed by atoms with Gasteiger partial charge in [-0.2, -0.15) is 0 Å². The number of hydrogen-bond acceptors (Lipinski definition) is 1. The molecule has 1 aliphatic rings. The van der Waals surface area contributed by atoms with Gasteiger partial charge in [0.05, 0.1) is 10.0 Å². The predicted octanol–water partition coefficient (Wildman–Crippen LogP) is 3.32. The molecular formula is C10H7BrF2O. The van der Waals surface area contributed by atoms with Crippen LogP contribution in [-0.4, -0.2) is 5.78 Å². The quantitative estimate of drug-likeness (QED) is 0.589. The van der Waals surface area contributed by atoms with E-state index in [0.717, 1.165) is 18.9 Å². The first kappa shape index (κ1) is 9.77. The molecule has 0 aliphatic heterocycles. The van der Waals surface area contributed by atoms with Gasteiger partial charge in [0.2, 0.25) is 0 Å². The topological polar surface area (TPSA) is 17.1 Å². The second-order valence-electron chi connectivity index (χ2n) is 3.36. The molecule has 1 aliphatic carbocycles. The first-order valence-electron chi connectivity index (χ1n) is 4.29. The van der Waals surface area contributed by atoms with Crippen LogP contribution in [0.2, 0.25) is 0 Å². The van der Waals surface area contributed by atoms with E-state index >= 15 is 0 Å². The van der Waals surface area contributed by atoms with Gasteiger partial charge in [0, 0.05) is 5.92 Å². The highest BCUT2D eigenvalue weighted by Gasteiger charge is 2.34. The Bertz CT molecular complexity index is 399. The molecule has 1 saturated carbocycles. The molecule has 0 heterocycles. The molecule has 0 unspecified atom stereocenters. The summed E-state index contributed by atoms with van der Waals surface area (Å²) in [4.78, 5) is 11.5. The highest BCUT2D eigenvalue weighted by atomic mass is 79.9. The second-order valence-corrected chi connectivity index (χ2v) is 4.21. The van der Waals surface area contributed by atoms with Crippen molar-refractivity contribution in [3.8, 4) is 0 Å². The first-order valence-corrected chi connectivity index (χ1v) is 5.08. The van der Waals surface area contributed by atoms with E-state index in [1.807, 2.05) is 0 Å². The zero-order valence-corrected chi connectivity index (χ0v) is 8.77. The van der Waals surface area contributed by atoms with Crippen LogP contribution in [-0.2, 0) is 0 Å². The number of hydrogen-bond donors (Lipinski definition) is 0. The fourth-order valence-electron chi connectivity index (χ4n) is 1.30. The van der Waals surface area contributed by atoms with Gasteiger partial charge < -0.3 is 0 Å². The van der Waals surface area contributed by atoms with Crippen LogP contribution in [0.25, 0.3) is 0 Å². The van der Waals surface area contributed by atoms with E-state index in [4.69, 9.17) is 0 Å². The Morgan fingerprint density at radius 3 is 2.57 bits per heavy atom. The maximum atomic E-state index is 13.4. The molecule has 2 rings (SSSR count). The van der Waals surface area contributed by atoms with Crippen LogP contribution in [0.5, 0.6) is 0 Å². The van der Waals surface area contributed by atoms with Crippen molar-refractivity contribution in [1.29, 1.82) is 0 Å². The lowest BCUT2D eigenvalue weighted by atomic mass is 10.1. The molecule has 0 saturated heterocycles. The van der Waals surface area contributed by atoms with Gasteiger partial charge in [-0.1, -0.05) is 0 Å². The number of benzene rings is 1. The Morgan fingerprint density at radius 2 is 2.00 bits per heavy atom. The average Bonchev–Trinajstić information content (AvgIpc) is 2.95. The predicted molar refractivity (Wildman–Crippen MR) is 51.1 cm³/mol.